The number of aliphatic hydroxyl groups excluding tert-OH is 1. The van der Waals surface area contributed by atoms with Gasteiger partial charge >= 0.3 is 72.8 Å². The number of thiol groups is 1. The molecule has 0 radical (unpaired) electrons. The van der Waals surface area contributed by atoms with Crippen molar-refractivity contribution in [3.63, 3.8) is 0 Å². The maximum absolute atomic E-state index is 12.0. The zero-order valence-electron chi connectivity index (χ0n) is 26.3. The van der Waals surface area contributed by atoms with Crippen molar-refractivity contribution in [2.45, 2.75) is 65.8 Å². The fraction of sp³-hybridized carbons (Fsp3) is 1.00. The van der Waals surface area contributed by atoms with Crippen LogP contribution in [0.1, 0.15) is 0 Å². The van der Waals surface area contributed by atoms with Gasteiger partial charge in [-0.2, -0.15) is 71.6 Å². The summed E-state index contributed by atoms with van der Waals surface area (Å²) in [4.78, 5) is 0. The van der Waals surface area contributed by atoms with Crippen LogP contribution in [-0.4, -0.2) is 187 Å². The second kappa shape index (κ2) is 19.6. The average Bonchev–Trinajstić information content (AvgIpc) is 2.95. The molecule has 334 valence electrons. The van der Waals surface area contributed by atoms with Gasteiger partial charge in [0.2, 0.25) is 0 Å². The van der Waals surface area contributed by atoms with E-state index in [0.29, 0.717) is 11.8 Å². The molecular weight excluding hydrogens is 981 g/mol. The predicted molar refractivity (Wildman–Crippen MR) is 172 cm³/mol. The zero-order valence-corrected chi connectivity index (χ0v) is 33.7. The molecule has 0 aromatic heterocycles. The average molecular weight is 1010 g/mol. The van der Waals surface area contributed by atoms with E-state index in [1.165, 1.54) is 0 Å². The SMILES string of the molecule is O=S(=O)(O)OC[C@H]1O[C@@H](SCC(S)CO)[C@H](OS(=O)(=O)O)[C@@H](OS(=O)(=O)O)[C@@H]1O[C@H]1O[C@H](COS(=O)(=O)O)[C@@H](OS(=O)(=O)O)[C@H](OS(=O)(=O)O)[C@H]1OS(=O)(=O)O. The quantitative estimate of drug-likeness (QED) is 0.0361. The summed E-state index contributed by atoms with van der Waals surface area (Å²) in [6.07, 6.45) is -26.5. The van der Waals surface area contributed by atoms with Crippen molar-refractivity contribution in [1.82, 2.24) is 0 Å². The topological polar surface area (TPSA) is 493 Å². The molecule has 2 aliphatic rings. The third-order valence-electron chi connectivity index (χ3n) is 6.06. The number of rotatable bonds is 22. The Morgan fingerprint density at radius 2 is 0.857 bits per heavy atom. The summed E-state index contributed by atoms with van der Waals surface area (Å²) >= 11 is 4.25. The van der Waals surface area contributed by atoms with Gasteiger partial charge in [0.05, 0.1) is 19.8 Å². The third kappa shape index (κ3) is 19.3. The smallest absolute Gasteiger partial charge is 0.395 e. The Bertz CT molecular complexity index is 2120. The van der Waals surface area contributed by atoms with Gasteiger partial charge in [0.25, 0.3) is 0 Å². The molecule has 0 amide bonds. The molecule has 0 aliphatic carbocycles. The molecular formula is C15H28O32S9. The molecule has 0 aromatic carbocycles. The lowest BCUT2D eigenvalue weighted by Crippen LogP contribution is -2.67. The van der Waals surface area contributed by atoms with Crippen LogP contribution in [0.25, 0.3) is 0 Å². The fourth-order valence-electron chi connectivity index (χ4n) is 4.40. The van der Waals surface area contributed by atoms with Gasteiger partial charge in [-0.1, -0.05) is 0 Å². The zero-order chi connectivity index (χ0) is 43.5. The number of ether oxygens (including phenoxy) is 3. The van der Waals surface area contributed by atoms with Crippen LogP contribution in [-0.2, 0) is 116 Å². The lowest BCUT2D eigenvalue weighted by molar-refractivity contribution is -0.325. The van der Waals surface area contributed by atoms with Crippen LogP contribution in [0.5, 0.6) is 0 Å². The first-order valence-electron chi connectivity index (χ1n) is 13.3. The molecule has 0 saturated carbocycles. The Labute approximate surface area is 326 Å². The van der Waals surface area contributed by atoms with Gasteiger partial charge in [0.1, 0.15) is 48.2 Å². The summed E-state index contributed by atoms with van der Waals surface area (Å²) in [5, 5.41) is 8.29. The van der Waals surface area contributed by atoms with Gasteiger partial charge in [-0.3, -0.25) is 31.9 Å². The lowest BCUT2D eigenvalue weighted by Gasteiger charge is -2.48. The van der Waals surface area contributed by atoms with Crippen molar-refractivity contribution >= 4 is 97.2 Å². The summed E-state index contributed by atoms with van der Waals surface area (Å²) in [5.74, 6) is -0.444. The molecule has 0 spiro atoms. The molecule has 11 atom stereocenters. The normalized spacial score (nSPS) is 30.9. The van der Waals surface area contributed by atoms with Crippen LogP contribution in [0.4, 0.5) is 0 Å². The van der Waals surface area contributed by atoms with E-state index in [1.54, 1.807) is 0 Å². The van der Waals surface area contributed by atoms with Crippen LogP contribution in [0, 0.1) is 0 Å². The molecule has 0 aromatic rings. The van der Waals surface area contributed by atoms with Gasteiger partial charge in [0.15, 0.2) is 12.4 Å². The predicted octanol–water partition coefficient (Wildman–Crippen LogP) is -5.58. The van der Waals surface area contributed by atoms with Crippen molar-refractivity contribution in [2.24, 2.45) is 0 Å². The summed E-state index contributed by atoms with van der Waals surface area (Å²) in [7, 11) is -41.2. The summed E-state index contributed by atoms with van der Waals surface area (Å²) < 4.78 is 275. The molecule has 2 saturated heterocycles. The van der Waals surface area contributed by atoms with Crippen LogP contribution in [0.15, 0.2) is 0 Å². The van der Waals surface area contributed by atoms with E-state index in [0.717, 1.165) is 0 Å². The summed E-state index contributed by atoms with van der Waals surface area (Å²) in [6, 6.07) is 0. The van der Waals surface area contributed by atoms with Crippen molar-refractivity contribution in [3.05, 3.63) is 0 Å². The van der Waals surface area contributed by atoms with Crippen molar-refractivity contribution < 1.29 is 139 Å². The lowest BCUT2D eigenvalue weighted by atomic mass is 9.97. The highest BCUT2D eigenvalue weighted by molar-refractivity contribution is 8.00. The maximum Gasteiger partial charge on any atom is 0.397 e. The van der Waals surface area contributed by atoms with E-state index in [9.17, 15) is 91.3 Å². The van der Waals surface area contributed by atoms with Crippen molar-refractivity contribution in [3.8, 4) is 0 Å². The first-order chi connectivity index (χ1) is 25.0. The van der Waals surface area contributed by atoms with Gasteiger partial charge in [-0.15, -0.1) is 11.8 Å². The van der Waals surface area contributed by atoms with Crippen LogP contribution < -0.4 is 0 Å². The molecule has 56 heavy (non-hydrogen) atoms. The number of hydrogen-bond donors (Lipinski definition) is 9. The van der Waals surface area contributed by atoms with Crippen LogP contribution in [0.3, 0.4) is 0 Å². The fourth-order valence-corrected chi connectivity index (χ4v) is 8.96. The van der Waals surface area contributed by atoms with Crippen LogP contribution in [0.2, 0.25) is 0 Å². The highest BCUT2D eigenvalue weighted by Gasteiger charge is 2.58. The molecule has 2 aliphatic heterocycles. The Morgan fingerprint density at radius 3 is 1.25 bits per heavy atom. The Morgan fingerprint density at radius 1 is 0.500 bits per heavy atom. The molecule has 32 nitrogen and oxygen atoms in total. The molecule has 41 heteroatoms. The molecule has 1 unspecified atom stereocenters. The Kier molecular flexibility index (Phi) is 18.1. The van der Waals surface area contributed by atoms with E-state index in [-0.39, 0.29) is 0 Å². The van der Waals surface area contributed by atoms with Crippen molar-refractivity contribution in [2.75, 3.05) is 25.6 Å². The summed E-state index contributed by atoms with van der Waals surface area (Å²) in [5.41, 5.74) is -2.13. The second-order valence-electron chi connectivity index (χ2n) is 10.2. The summed E-state index contributed by atoms with van der Waals surface area (Å²) in [6.45, 7) is -4.21. The number of aliphatic hydroxyl groups is 1. The van der Waals surface area contributed by atoms with E-state index in [4.69, 9.17) is 18.8 Å². The second-order valence-corrected chi connectivity index (χ2v) is 19.5. The molecule has 2 heterocycles. The Balaban J connectivity index is 2.98. The molecule has 8 N–H and O–H groups in total. The van der Waals surface area contributed by atoms with Gasteiger partial charge < -0.3 is 19.3 Å². The molecule has 2 fully saturated rings. The minimum absolute atomic E-state index is 0.308. The first-order valence-corrected chi connectivity index (χ1v) is 24.5. The maximum atomic E-state index is 12.0. The highest BCUT2D eigenvalue weighted by Crippen LogP contribution is 2.39. The van der Waals surface area contributed by atoms with Gasteiger partial charge in [-0.05, 0) is 0 Å². The molecule has 0 bridgehead atoms. The standard InChI is InChI=1S/C15H28O32S9/c16-1-5(48)4-49-15-13(47-56(35,36)37)10(44-53(26,27)28)8(6(41-15)2-38-50(17,18)19)42-14-12(46-55(32,33)34)11(45-54(29,30)31)9(43-52(23,24)25)7(40-14)3-39-51(20,21)22/h5-16,48H,1-4H2,(H,17,18,19)(H,20,21,22)(H,23,24,25)(H,26,27,28)(H,29,30,31)(H,32,33,34)(H,35,36,37)/t5?,6-,7-,8-,9-,10+,11+,12-,13-,14-,15+/m1/s1. The highest BCUT2D eigenvalue weighted by atomic mass is 32.3. The number of thioether (sulfide) groups is 1. The monoisotopic (exact) mass is 1010 g/mol. The molecule has 2 rings (SSSR count). The Hall–Kier alpha value is -0.370. The third-order valence-corrected chi connectivity index (χ3v) is 11.2. The van der Waals surface area contributed by atoms with Crippen LogP contribution >= 0.6 is 24.4 Å². The van der Waals surface area contributed by atoms with E-state index in [1.807, 2.05) is 0 Å². The van der Waals surface area contributed by atoms with Crippen molar-refractivity contribution in [1.29, 1.82) is 0 Å². The first kappa shape index (κ1) is 51.8. The van der Waals surface area contributed by atoms with Gasteiger partial charge in [-0.25, -0.2) is 29.3 Å². The van der Waals surface area contributed by atoms with E-state index >= 15 is 0 Å². The number of hydrogen-bond acceptors (Lipinski definition) is 27. The minimum atomic E-state index is -6.11. The van der Waals surface area contributed by atoms with E-state index < -0.39 is 164 Å². The largest absolute Gasteiger partial charge is 0.397 e. The van der Waals surface area contributed by atoms with E-state index in [2.05, 4.69) is 41.9 Å². The van der Waals surface area contributed by atoms with Gasteiger partial charge in [0, 0.05) is 11.0 Å². The minimum Gasteiger partial charge on any atom is -0.395 e.